The quantitative estimate of drug-likeness (QED) is 0.803. The molecule has 21 heavy (non-hydrogen) atoms. The van der Waals surface area contributed by atoms with Crippen LogP contribution in [0.4, 0.5) is 5.69 Å². The van der Waals surface area contributed by atoms with Crippen molar-refractivity contribution in [1.29, 1.82) is 0 Å². The van der Waals surface area contributed by atoms with Crippen molar-refractivity contribution in [3.63, 3.8) is 0 Å². The van der Waals surface area contributed by atoms with Crippen molar-refractivity contribution in [2.75, 3.05) is 5.32 Å². The SMILES string of the molecule is CCCCC(=O)Nc1ccc(C(=O)NC(C)(C)CC)cc1. The molecule has 116 valence electrons. The third-order valence-corrected chi connectivity index (χ3v) is 3.52. The molecule has 4 nitrogen and oxygen atoms in total. The second kappa shape index (κ2) is 7.81. The number of nitrogens with one attached hydrogen (secondary N) is 2. The van der Waals surface area contributed by atoms with Crippen LogP contribution in [0.1, 0.15) is 63.7 Å². The van der Waals surface area contributed by atoms with Crippen LogP contribution >= 0.6 is 0 Å². The summed E-state index contributed by atoms with van der Waals surface area (Å²) in [7, 11) is 0. The van der Waals surface area contributed by atoms with E-state index in [1.165, 1.54) is 0 Å². The lowest BCUT2D eigenvalue weighted by molar-refractivity contribution is -0.116. The fourth-order valence-electron chi connectivity index (χ4n) is 1.73. The first-order chi connectivity index (χ1) is 9.88. The maximum absolute atomic E-state index is 12.1. The summed E-state index contributed by atoms with van der Waals surface area (Å²) in [4.78, 5) is 23.7. The average Bonchev–Trinajstić information content (AvgIpc) is 2.45. The molecule has 0 spiro atoms. The standard InChI is InChI=1S/C17H26N2O2/c1-5-7-8-15(20)18-14-11-9-13(10-12-14)16(21)19-17(3,4)6-2/h9-12H,5-8H2,1-4H3,(H,18,20)(H,19,21). The minimum atomic E-state index is -0.218. The average molecular weight is 290 g/mol. The maximum Gasteiger partial charge on any atom is 0.251 e. The van der Waals surface area contributed by atoms with Crippen molar-refractivity contribution in [1.82, 2.24) is 5.32 Å². The molecule has 0 saturated carbocycles. The van der Waals surface area contributed by atoms with Crippen molar-refractivity contribution in [2.24, 2.45) is 0 Å². The number of rotatable bonds is 7. The van der Waals surface area contributed by atoms with E-state index in [1.807, 2.05) is 20.8 Å². The highest BCUT2D eigenvalue weighted by atomic mass is 16.2. The summed E-state index contributed by atoms with van der Waals surface area (Å²) in [6.07, 6.45) is 3.28. The van der Waals surface area contributed by atoms with Gasteiger partial charge in [-0.1, -0.05) is 20.3 Å². The highest BCUT2D eigenvalue weighted by Crippen LogP contribution is 2.13. The van der Waals surface area contributed by atoms with E-state index in [9.17, 15) is 9.59 Å². The van der Waals surface area contributed by atoms with Crippen LogP contribution in [0.3, 0.4) is 0 Å². The van der Waals surface area contributed by atoms with Gasteiger partial charge in [0.1, 0.15) is 0 Å². The van der Waals surface area contributed by atoms with Gasteiger partial charge < -0.3 is 10.6 Å². The fraction of sp³-hybridized carbons (Fsp3) is 0.529. The molecule has 2 amide bonds. The lowest BCUT2D eigenvalue weighted by Crippen LogP contribution is -2.42. The van der Waals surface area contributed by atoms with Crippen LogP contribution in [0.15, 0.2) is 24.3 Å². The minimum absolute atomic E-state index is 0.0150. The summed E-state index contributed by atoms with van der Waals surface area (Å²) in [5.41, 5.74) is 1.11. The number of anilines is 1. The number of carbonyl (C=O) groups is 2. The fourth-order valence-corrected chi connectivity index (χ4v) is 1.73. The number of unbranched alkanes of at least 4 members (excludes halogenated alkanes) is 1. The zero-order valence-corrected chi connectivity index (χ0v) is 13.5. The molecule has 0 aliphatic carbocycles. The lowest BCUT2D eigenvalue weighted by atomic mass is 10.0. The zero-order chi connectivity index (χ0) is 15.9. The number of hydrogen-bond donors (Lipinski definition) is 2. The molecule has 1 aromatic rings. The Balaban J connectivity index is 2.61. The zero-order valence-electron chi connectivity index (χ0n) is 13.5. The van der Waals surface area contributed by atoms with Gasteiger partial charge in [0.15, 0.2) is 0 Å². The molecular formula is C17H26N2O2. The molecule has 0 aliphatic heterocycles. The van der Waals surface area contributed by atoms with Crippen LogP contribution < -0.4 is 10.6 Å². The van der Waals surface area contributed by atoms with Crippen molar-refractivity contribution in [2.45, 2.75) is 58.9 Å². The first-order valence-electron chi connectivity index (χ1n) is 7.60. The van der Waals surface area contributed by atoms with Gasteiger partial charge in [0.25, 0.3) is 5.91 Å². The van der Waals surface area contributed by atoms with Gasteiger partial charge in [0, 0.05) is 23.2 Å². The summed E-state index contributed by atoms with van der Waals surface area (Å²) >= 11 is 0. The molecule has 0 heterocycles. The number of amides is 2. The van der Waals surface area contributed by atoms with E-state index in [1.54, 1.807) is 24.3 Å². The van der Waals surface area contributed by atoms with Crippen molar-refractivity contribution >= 4 is 17.5 Å². The van der Waals surface area contributed by atoms with Gasteiger partial charge >= 0.3 is 0 Å². The molecule has 2 N–H and O–H groups in total. The molecule has 0 bridgehead atoms. The highest BCUT2D eigenvalue weighted by molar-refractivity contribution is 5.96. The van der Waals surface area contributed by atoms with Gasteiger partial charge in [0.05, 0.1) is 0 Å². The van der Waals surface area contributed by atoms with E-state index in [2.05, 4.69) is 17.6 Å². The van der Waals surface area contributed by atoms with E-state index < -0.39 is 0 Å². The summed E-state index contributed by atoms with van der Waals surface area (Å²) < 4.78 is 0. The monoisotopic (exact) mass is 290 g/mol. The molecule has 0 fully saturated rings. The summed E-state index contributed by atoms with van der Waals surface area (Å²) in [5, 5.41) is 5.82. The van der Waals surface area contributed by atoms with Crippen molar-refractivity contribution < 1.29 is 9.59 Å². The van der Waals surface area contributed by atoms with Gasteiger partial charge in [-0.2, -0.15) is 0 Å². The first-order valence-corrected chi connectivity index (χ1v) is 7.60. The highest BCUT2D eigenvalue weighted by Gasteiger charge is 2.18. The van der Waals surface area contributed by atoms with Crippen molar-refractivity contribution in [3.05, 3.63) is 29.8 Å². The molecule has 0 radical (unpaired) electrons. The van der Waals surface area contributed by atoms with E-state index >= 15 is 0 Å². The molecule has 0 saturated heterocycles. The van der Waals surface area contributed by atoms with Crippen LogP contribution in [0.5, 0.6) is 0 Å². The summed E-state index contributed by atoms with van der Waals surface area (Å²) in [6, 6.07) is 6.99. The van der Waals surface area contributed by atoms with E-state index in [4.69, 9.17) is 0 Å². The molecule has 0 unspecified atom stereocenters. The van der Waals surface area contributed by atoms with Crippen LogP contribution in [-0.4, -0.2) is 17.4 Å². The molecule has 0 aromatic heterocycles. The van der Waals surface area contributed by atoms with Gasteiger partial charge in [-0.05, 0) is 51.0 Å². The van der Waals surface area contributed by atoms with Crippen molar-refractivity contribution in [3.8, 4) is 0 Å². The van der Waals surface area contributed by atoms with E-state index in [0.717, 1.165) is 24.9 Å². The minimum Gasteiger partial charge on any atom is -0.347 e. The molecule has 1 rings (SSSR count). The molecule has 0 atom stereocenters. The predicted molar refractivity (Wildman–Crippen MR) is 86.4 cm³/mol. The topological polar surface area (TPSA) is 58.2 Å². The molecule has 1 aromatic carbocycles. The summed E-state index contributed by atoms with van der Waals surface area (Å²) in [6.45, 7) is 8.08. The normalized spacial score (nSPS) is 11.0. The Morgan fingerprint density at radius 1 is 1.10 bits per heavy atom. The first kappa shape index (κ1) is 17.2. The Hall–Kier alpha value is -1.84. The van der Waals surface area contributed by atoms with Crippen LogP contribution in [-0.2, 0) is 4.79 Å². The van der Waals surface area contributed by atoms with Gasteiger partial charge in [-0.15, -0.1) is 0 Å². The molecular weight excluding hydrogens is 264 g/mol. The third kappa shape index (κ3) is 5.98. The second-order valence-corrected chi connectivity index (χ2v) is 5.92. The van der Waals surface area contributed by atoms with Gasteiger partial charge in [-0.3, -0.25) is 9.59 Å². The van der Waals surface area contributed by atoms with E-state index in [-0.39, 0.29) is 17.4 Å². The van der Waals surface area contributed by atoms with E-state index in [0.29, 0.717) is 12.0 Å². The predicted octanol–water partition coefficient (Wildman–Crippen LogP) is 3.73. The Bertz CT molecular complexity index is 478. The lowest BCUT2D eigenvalue weighted by Gasteiger charge is -2.24. The smallest absolute Gasteiger partial charge is 0.251 e. The summed E-state index contributed by atoms with van der Waals surface area (Å²) in [5.74, 6) is -0.0770. The number of benzene rings is 1. The van der Waals surface area contributed by atoms with Gasteiger partial charge in [-0.25, -0.2) is 0 Å². The number of hydrogen-bond acceptors (Lipinski definition) is 2. The Morgan fingerprint density at radius 3 is 2.24 bits per heavy atom. The largest absolute Gasteiger partial charge is 0.347 e. The Labute approximate surface area is 127 Å². The third-order valence-electron chi connectivity index (χ3n) is 3.52. The Kier molecular flexibility index (Phi) is 6.40. The van der Waals surface area contributed by atoms with Crippen LogP contribution in [0, 0.1) is 0 Å². The van der Waals surface area contributed by atoms with Gasteiger partial charge in [0.2, 0.25) is 5.91 Å². The maximum atomic E-state index is 12.1. The van der Waals surface area contributed by atoms with Crippen LogP contribution in [0.2, 0.25) is 0 Å². The molecule has 0 aliphatic rings. The number of carbonyl (C=O) groups excluding carboxylic acids is 2. The second-order valence-electron chi connectivity index (χ2n) is 5.92. The van der Waals surface area contributed by atoms with Crippen LogP contribution in [0.25, 0.3) is 0 Å². The molecule has 4 heteroatoms. The Morgan fingerprint density at radius 2 is 1.71 bits per heavy atom.